The van der Waals surface area contributed by atoms with Crippen LogP contribution in [0.1, 0.15) is 54.4 Å². The van der Waals surface area contributed by atoms with Gasteiger partial charge < -0.3 is 9.80 Å². The van der Waals surface area contributed by atoms with Gasteiger partial charge in [0.25, 0.3) is 0 Å². The number of carbonyl (C=O) groups excluding carboxylic acids is 2. The average Bonchev–Trinajstić information content (AvgIpc) is 3.11. The molecule has 6 nitrogen and oxygen atoms in total. The highest BCUT2D eigenvalue weighted by Crippen LogP contribution is 2.35. The van der Waals surface area contributed by atoms with Crippen LogP contribution >= 0.6 is 34.9 Å². The molecule has 3 rings (SSSR count). The first-order valence-electron chi connectivity index (χ1n) is 11.4. The average molecular weight is 485 g/mol. The van der Waals surface area contributed by atoms with Gasteiger partial charge in [-0.05, 0) is 50.4 Å². The Kier molecular flexibility index (Phi) is 8.72. The van der Waals surface area contributed by atoms with E-state index in [4.69, 9.17) is 0 Å². The van der Waals surface area contributed by atoms with Gasteiger partial charge in [0, 0.05) is 26.2 Å². The third-order valence-electron chi connectivity index (χ3n) is 6.00. The van der Waals surface area contributed by atoms with Crippen molar-refractivity contribution in [2.24, 2.45) is 23.7 Å². The van der Waals surface area contributed by atoms with E-state index in [0.29, 0.717) is 23.7 Å². The van der Waals surface area contributed by atoms with E-state index in [-0.39, 0.29) is 22.3 Å². The largest absolute Gasteiger partial charge is 0.341 e. The van der Waals surface area contributed by atoms with Crippen LogP contribution in [-0.2, 0) is 9.59 Å². The molecule has 2 saturated heterocycles. The summed E-state index contributed by atoms with van der Waals surface area (Å²) in [7, 11) is 0. The van der Waals surface area contributed by atoms with Crippen LogP contribution in [0.3, 0.4) is 0 Å². The summed E-state index contributed by atoms with van der Waals surface area (Å²) in [5.41, 5.74) is 0. The zero-order valence-electron chi connectivity index (χ0n) is 19.5. The Morgan fingerprint density at radius 2 is 1.10 bits per heavy atom. The van der Waals surface area contributed by atoms with E-state index >= 15 is 0 Å². The Bertz CT molecular complexity index is 693. The van der Waals surface area contributed by atoms with Gasteiger partial charge in [-0.25, -0.2) is 0 Å². The minimum Gasteiger partial charge on any atom is -0.341 e. The molecular weight excluding hydrogens is 448 g/mol. The topological polar surface area (TPSA) is 66.4 Å². The smallest absolute Gasteiger partial charge is 0.235 e. The molecule has 1 aromatic heterocycles. The van der Waals surface area contributed by atoms with Crippen molar-refractivity contribution in [3.05, 3.63) is 0 Å². The summed E-state index contributed by atoms with van der Waals surface area (Å²) in [4.78, 5) is 29.8. The SMILES string of the molecule is CC1CC(C)CN(C(=O)C(C)Sc2nnc(SC(C)C(=O)N3CC(C)CC(C)C3)s2)C1. The number of thioether (sulfide) groups is 2. The Hall–Kier alpha value is -0.800. The van der Waals surface area contributed by atoms with Crippen molar-refractivity contribution >= 4 is 46.7 Å². The lowest BCUT2D eigenvalue weighted by Crippen LogP contribution is -2.45. The fourth-order valence-corrected chi connectivity index (χ4v) is 8.37. The predicted molar refractivity (Wildman–Crippen MR) is 130 cm³/mol. The number of carbonyl (C=O) groups is 2. The molecule has 6 atom stereocenters. The van der Waals surface area contributed by atoms with E-state index in [0.717, 1.165) is 34.9 Å². The maximum absolute atomic E-state index is 12.9. The second kappa shape index (κ2) is 10.9. The van der Waals surface area contributed by atoms with Crippen LogP contribution in [0.25, 0.3) is 0 Å². The fourth-order valence-electron chi connectivity index (χ4n) is 4.90. The summed E-state index contributed by atoms with van der Waals surface area (Å²) in [6, 6.07) is 0. The van der Waals surface area contributed by atoms with Crippen molar-refractivity contribution < 1.29 is 9.59 Å². The van der Waals surface area contributed by atoms with Crippen LogP contribution in [0.5, 0.6) is 0 Å². The summed E-state index contributed by atoms with van der Waals surface area (Å²) >= 11 is 4.44. The minimum absolute atomic E-state index is 0.182. The van der Waals surface area contributed by atoms with Gasteiger partial charge in [0.15, 0.2) is 8.68 Å². The van der Waals surface area contributed by atoms with Gasteiger partial charge in [-0.15, -0.1) is 10.2 Å². The van der Waals surface area contributed by atoms with Crippen molar-refractivity contribution in [2.75, 3.05) is 26.2 Å². The highest BCUT2D eigenvalue weighted by atomic mass is 32.2. The molecule has 0 radical (unpaired) electrons. The van der Waals surface area contributed by atoms with E-state index in [2.05, 4.69) is 37.9 Å². The Morgan fingerprint density at radius 3 is 1.42 bits per heavy atom. The van der Waals surface area contributed by atoms with E-state index < -0.39 is 0 Å². The first-order valence-corrected chi connectivity index (χ1v) is 13.9. The van der Waals surface area contributed by atoms with Crippen molar-refractivity contribution in [1.29, 1.82) is 0 Å². The lowest BCUT2D eigenvalue weighted by atomic mass is 9.92. The molecule has 0 N–H and O–H groups in total. The summed E-state index contributed by atoms with van der Waals surface area (Å²) in [5.74, 6) is 2.59. The second-order valence-electron chi connectivity index (χ2n) is 9.73. The molecular formula is C22H36N4O2S3. The molecule has 0 saturated carbocycles. The van der Waals surface area contributed by atoms with Crippen molar-refractivity contribution in [1.82, 2.24) is 20.0 Å². The molecule has 31 heavy (non-hydrogen) atoms. The fraction of sp³-hybridized carbons (Fsp3) is 0.818. The van der Waals surface area contributed by atoms with E-state index in [1.165, 1.54) is 47.7 Å². The maximum atomic E-state index is 12.9. The number of piperidine rings is 2. The van der Waals surface area contributed by atoms with Crippen LogP contribution in [-0.4, -0.2) is 68.5 Å². The van der Waals surface area contributed by atoms with Crippen LogP contribution in [0.2, 0.25) is 0 Å². The summed E-state index contributed by atoms with van der Waals surface area (Å²) < 4.78 is 1.59. The molecule has 0 aromatic carbocycles. The van der Waals surface area contributed by atoms with Crippen molar-refractivity contribution in [2.45, 2.75) is 73.6 Å². The van der Waals surface area contributed by atoms with Crippen molar-refractivity contribution in [3.63, 3.8) is 0 Å². The van der Waals surface area contributed by atoms with Gasteiger partial charge >= 0.3 is 0 Å². The number of aromatic nitrogens is 2. The minimum atomic E-state index is -0.182. The van der Waals surface area contributed by atoms with Gasteiger partial charge in [0.2, 0.25) is 11.8 Å². The zero-order chi connectivity index (χ0) is 22.7. The maximum Gasteiger partial charge on any atom is 0.235 e. The van der Waals surface area contributed by atoms with Gasteiger partial charge in [-0.1, -0.05) is 62.6 Å². The van der Waals surface area contributed by atoms with E-state index in [1.54, 1.807) is 0 Å². The standard InChI is InChI=1S/C22H36N4O2S3/c1-13-7-14(2)10-25(9-13)19(27)17(5)29-21-23-24-22(31-21)30-18(6)20(28)26-11-15(3)8-16(4)12-26/h13-18H,7-12H2,1-6H3. The quantitative estimate of drug-likeness (QED) is 0.554. The number of likely N-dealkylation sites (tertiary alicyclic amines) is 2. The molecule has 1 aromatic rings. The van der Waals surface area contributed by atoms with Crippen LogP contribution in [0.15, 0.2) is 8.68 Å². The van der Waals surface area contributed by atoms with Crippen molar-refractivity contribution in [3.8, 4) is 0 Å². The van der Waals surface area contributed by atoms with Gasteiger partial charge in [0.1, 0.15) is 0 Å². The lowest BCUT2D eigenvalue weighted by molar-refractivity contribution is -0.133. The molecule has 2 fully saturated rings. The van der Waals surface area contributed by atoms with Crippen LogP contribution in [0.4, 0.5) is 0 Å². The third-order valence-corrected chi connectivity index (χ3v) is 9.27. The number of hydrogen-bond donors (Lipinski definition) is 0. The third kappa shape index (κ3) is 6.84. The number of hydrogen-bond acceptors (Lipinski definition) is 7. The first kappa shape index (κ1) is 24.8. The van der Waals surface area contributed by atoms with Crippen LogP contribution < -0.4 is 0 Å². The highest BCUT2D eigenvalue weighted by Gasteiger charge is 2.31. The normalized spacial score (nSPS) is 29.0. The molecule has 2 aliphatic rings. The Labute approximate surface area is 199 Å². The molecule has 0 spiro atoms. The summed E-state index contributed by atoms with van der Waals surface area (Å²) in [5, 5.41) is 8.19. The first-order chi connectivity index (χ1) is 14.6. The molecule has 3 heterocycles. The molecule has 174 valence electrons. The molecule has 2 aliphatic heterocycles. The number of amides is 2. The second-order valence-corrected chi connectivity index (χ2v) is 13.9. The molecule has 0 bridgehead atoms. The number of rotatable bonds is 6. The molecule has 0 aliphatic carbocycles. The molecule has 9 heteroatoms. The van der Waals surface area contributed by atoms with Gasteiger partial charge in [0.05, 0.1) is 10.5 Å². The Balaban J connectivity index is 1.52. The predicted octanol–water partition coefficient (Wildman–Crippen LogP) is 4.51. The van der Waals surface area contributed by atoms with Gasteiger partial charge in [-0.2, -0.15) is 0 Å². The lowest BCUT2D eigenvalue weighted by Gasteiger charge is -2.36. The highest BCUT2D eigenvalue weighted by molar-refractivity contribution is 8.04. The molecule has 6 unspecified atom stereocenters. The summed E-state index contributed by atoms with van der Waals surface area (Å²) in [6.07, 6.45) is 2.38. The van der Waals surface area contributed by atoms with E-state index in [1.807, 2.05) is 23.6 Å². The Morgan fingerprint density at radius 1 is 0.774 bits per heavy atom. The summed E-state index contributed by atoms with van der Waals surface area (Å²) in [6.45, 7) is 16.2. The molecule has 2 amide bonds. The van der Waals surface area contributed by atoms with Gasteiger partial charge in [-0.3, -0.25) is 9.59 Å². The number of nitrogens with zero attached hydrogens (tertiary/aromatic N) is 4. The van der Waals surface area contributed by atoms with Crippen LogP contribution in [0, 0.1) is 23.7 Å². The van der Waals surface area contributed by atoms with E-state index in [9.17, 15) is 9.59 Å². The monoisotopic (exact) mass is 484 g/mol. The zero-order valence-corrected chi connectivity index (χ0v) is 22.0.